The molecule has 2 N–H and O–H groups in total. The van der Waals surface area contributed by atoms with Crippen LogP contribution < -0.4 is 5.73 Å². The van der Waals surface area contributed by atoms with Gasteiger partial charge >= 0.3 is 10.1 Å². The van der Waals surface area contributed by atoms with Gasteiger partial charge in [-0.15, -0.1) is 0 Å². The zero-order valence-corrected chi connectivity index (χ0v) is 9.22. The van der Waals surface area contributed by atoms with Crippen LogP contribution in [0, 0.1) is 11.3 Å². The smallest absolute Gasteiger partial charge is 0.358 e. The van der Waals surface area contributed by atoms with Crippen LogP contribution in [0.1, 0.15) is 0 Å². The van der Waals surface area contributed by atoms with Crippen LogP contribution in [-0.2, 0) is 19.2 Å². The molecule has 1 aromatic rings. The standard InChI is InChI=1S/C9H7N3O4S/c10-6-8(9(11)13)12-16-17(14,15)7-4-2-1-3-5-7/h1-5H,(H2,11,13)/b12-8-. The lowest BCUT2D eigenvalue weighted by atomic mass is 10.4. The molecular formula is C9H7N3O4S. The van der Waals surface area contributed by atoms with Crippen molar-refractivity contribution in [2.45, 2.75) is 4.90 Å². The summed E-state index contributed by atoms with van der Waals surface area (Å²) in [5.74, 6) is -1.17. The van der Waals surface area contributed by atoms with Crippen molar-refractivity contribution in [1.82, 2.24) is 0 Å². The van der Waals surface area contributed by atoms with Crippen molar-refractivity contribution in [2.75, 3.05) is 0 Å². The summed E-state index contributed by atoms with van der Waals surface area (Å²) < 4.78 is 27.1. The van der Waals surface area contributed by atoms with Gasteiger partial charge in [0.05, 0.1) is 0 Å². The normalized spacial score (nSPS) is 11.6. The highest BCUT2D eigenvalue weighted by atomic mass is 32.2. The Morgan fingerprint density at radius 1 is 1.35 bits per heavy atom. The summed E-state index contributed by atoms with van der Waals surface area (Å²) in [6.07, 6.45) is 0. The van der Waals surface area contributed by atoms with Crippen molar-refractivity contribution in [2.24, 2.45) is 10.9 Å². The zero-order chi connectivity index (χ0) is 12.9. The molecule has 0 atom stereocenters. The van der Waals surface area contributed by atoms with E-state index in [2.05, 4.69) is 9.44 Å². The van der Waals surface area contributed by atoms with Gasteiger partial charge in [0.25, 0.3) is 5.91 Å². The fraction of sp³-hybridized carbons (Fsp3) is 0. The number of hydrogen-bond acceptors (Lipinski definition) is 6. The molecule has 1 aromatic carbocycles. The van der Waals surface area contributed by atoms with Crippen LogP contribution in [0.25, 0.3) is 0 Å². The topological polar surface area (TPSA) is 123 Å². The van der Waals surface area contributed by atoms with Crippen LogP contribution in [0.5, 0.6) is 0 Å². The summed E-state index contributed by atoms with van der Waals surface area (Å²) in [6, 6.07) is 8.46. The minimum atomic E-state index is -4.15. The van der Waals surface area contributed by atoms with Gasteiger partial charge in [-0.2, -0.15) is 13.7 Å². The Kier molecular flexibility index (Phi) is 3.79. The van der Waals surface area contributed by atoms with Gasteiger partial charge in [0.2, 0.25) is 5.71 Å². The van der Waals surface area contributed by atoms with Gasteiger partial charge in [0.15, 0.2) is 0 Å². The zero-order valence-electron chi connectivity index (χ0n) is 8.40. The monoisotopic (exact) mass is 253 g/mol. The van der Waals surface area contributed by atoms with Crippen molar-refractivity contribution in [3.05, 3.63) is 30.3 Å². The molecule has 0 saturated heterocycles. The first-order valence-electron chi connectivity index (χ1n) is 4.24. The minimum absolute atomic E-state index is 0.148. The molecular weight excluding hydrogens is 246 g/mol. The van der Waals surface area contributed by atoms with Crippen LogP contribution in [-0.4, -0.2) is 20.0 Å². The van der Waals surface area contributed by atoms with E-state index >= 15 is 0 Å². The van der Waals surface area contributed by atoms with E-state index in [0.29, 0.717) is 0 Å². The Morgan fingerprint density at radius 2 is 1.94 bits per heavy atom. The fourth-order valence-corrected chi connectivity index (χ4v) is 1.59. The lowest BCUT2D eigenvalue weighted by Crippen LogP contribution is -2.22. The first-order chi connectivity index (χ1) is 7.97. The quantitative estimate of drug-likeness (QED) is 0.585. The fourth-order valence-electron chi connectivity index (χ4n) is 0.837. The van der Waals surface area contributed by atoms with Gasteiger partial charge in [0.1, 0.15) is 11.0 Å². The van der Waals surface area contributed by atoms with Crippen LogP contribution in [0.15, 0.2) is 40.4 Å². The van der Waals surface area contributed by atoms with Gasteiger partial charge in [-0.1, -0.05) is 18.2 Å². The third-order valence-corrected chi connectivity index (χ3v) is 2.72. The summed E-state index contributed by atoms with van der Waals surface area (Å²) in [5.41, 5.74) is 3.92. The molecule has 0 aliphatic rings. The second kappa shape index (κ2) is 5.09. The van der Waals surface area contributed by atoms with Crippen LogP contribution in [0.4, 0.5) is 0 Å². The molecule has 0 aliphatic carbocycles. The molecule has 17 heavy (non-hydrogen) atoms. The molecule has 0 radical (unpaired) electrons. The van der Waals surface area contributed by atoms with Gasteiger partial charge in [0, 0.05) is 0 Å². The third kappa shape index (κ3) is 3.29. The van der Waals surface area contributed by atoms with Crippen molar-refractivity contribution in [3.63, 3.8) is 0 Å². The first kappa shape index (κ1) is 12.7. The van der Waals surface area contributed by atoms with E-state index in [0.717, 1.165) is 0 Å². The Balaban J connectivity index is 2.98. The first-order valence-corrected chi connectivity index (χ1v) is 5.65. The van der Waals surface area contributed by atoms with Crippen molar-refractivity contribution < 1.29 is 17.5 Å². The average Bonchev–Trinajstić information content (AvgIpc) is 2.30. The molecule has 88 valence electrons. The number of primary amides is 1. The molecule has 0 fully saturated rings. The molecule has 0 aliphatic heterocycles. The average molecular weight is 253 g/mol. The number of amides is 1. The summed E-state index contributed by atoms with van der Waals surface area (Å²) in [7, 11) is -4.15. The number of nitrogens with two attached hydrogens (primary N) is 1. The number of oxime groups is 1. The molecule has 7 nitrogen and oxygen atoms in total. The predicted octanol–water partition coefficient (Wildman–Crippen LogP) is -0.243. The SMILES string of the molecule is N#C/C(=N/OS(=O)(=O)c1ccccc1)C(N)=O. The number of rotatable bonds is 4. The largest absolute Gasteiger partial charge is 0.364 e. The molecule has 0 spiro atoms. The van der Waals surface area contributed by atoms with E-state index in [-0.39, 0.29) is 4.90 Å². The van der Waals surface area contributed by atoms with Crippen LogP contribution in [0.2, 0.25) is 0 Å². The van der Waals surface area contributed by atoms with E-state index in [1.54, 1.807) is 6.07 Å². The second-order valence-corrected chi connectivity index (χ2v) is 4.29. The van der Waals surface area contributed by atoms with Crippen molar-refractivity contribution in [3.8, 4) is 6.07 Å². The summed E-state index contributed by atoms with van der Waals surface area (Å²) >= 11 is 0. The number of carbonyl (C=O) groups excluding carboxylic acids is 1. The molecule has 0 aromatic heterocycles. The van der Waals surface area contributed by atoms with E-state index in [9.17, 15) is 13.2 Å². The Morgan fingerprint density at radius 3 is 2.41 bits per heavy atom. The number of carbonyl (C=O) groups is 1. The highest BCUT2D eigenvalue weighted by molar-refractivity contribution is 7.86. The Bertz CT molecular complexity index is 586. The number of benzene rings is 1. The van der Waals surface area contributed by atoms with E-state index in [1.165, 1.54) is 30.3 Å². The maximum absolute atomic E-state index is 11.5. The maximum Gasteiger partial charge on any atom is 0.358 e. The van der Waals surface area contributed by atoms with Gasteiger partial charge < -0.3 is 5.73 Å². The second-order valence-electron chi connectivity index (χ2n) is 2.76. The van der Waals surface area contributed by atoms with E-state index in [4.69, 9.17) is 11.0 Å². The maximum atomic E-state index is 11.5. The third-order valence-electron chi connectivity index (χ3n) is 1.60. The van der Waals surface area contributed by atoms with Crippen molar-refractivity contribution in [1.29, 1.82) is 5.26 Å². The molecule has 8 heteroatoms. The highest BCUT2D eigenvalue weighted by Gasteiger charge is 2.16. The summed E-state index contributed by atoms with van der Waals surface area (Å²) in [5, 5.41) is 11.3. The molecule has 0 unspecified atom stereocenters. The lowest BCUT2D eigenvalue weighted by molar-refractivity contribution is -0.111. The molecule has 1 rings (SSSR count). The lowest BCUT2D eigenvalue weighted by Gasteiger charge is -2.00. The predicted molar refractivity (Wildman–Crippen MR) is 57.0 cm³/mol. The van der Waals surface area contributed by atoms with Gasteiger partial charge in [-0.3, -0.25) is 9.08 Å². The number of nitrogens with zero attached hydrogens (tertiary/aromatic N) is 2. The number of hydrogen-bond donors (Lipinski definition) is 1. The number of nitriles is 1. The molecule has 0 heterocycles. The molecule has 1 amide bonds. The molecule has 0 bridgehead atoms. The van der Waals surface area contributed by atoms with E-state index in [1.807, 2.05) is 0 Å². The van der Waals surface area contributed by atoms with Gasteiger partial charge in [-0.05, 0) is 17.3 Å². The summed E-state index contributed by atoms with van der Waals surface area (Å²) in [6.45, 7) is 0. The van der Waals surface area contributed by atoms with Crippen LogP contribution in [0.3, 0.4) is 0 Å². The van der Waals surface area contributed by atoms with Crippen molar-refractivity contribution >= 4 is 21.7 Å². The molecule has 0 saturated carbocycles. The minimum Gasteiger partial charge on any atom is -0.364 e. The van der Waals surface area contributed by atoms with E-state index < -0.39 is 21.7 Å². The highest BCUT2D eigenvalue weighted by Crippen LogP contribution is 2.11. The summed E-state index contributed by atoms with van der Waals surface area (Å²) in [4.78, 5) is 10.4. The Hall–Kier alpha value is -2.40. The Labute approximate surface area is 97.2 Å². The van der Waals surface area contributed by atoms with Crippen LogP contribution >= 0.6 is 0 Å². The van der Waals surface area contributed by atoms with Gasteiger partial charge in [-0.25, -0.2) is 0 Å².